The Morgan fingerprint density at radius 3 is 2.81 bits per heavy atom. The lowest BCUT2D eigenvalue weighted by Crippen LogP contribution is -2.02. The van der Waals surface area contributed by atoms with E-state index in [4.69, 9.17) is 9.47 Å². The third-order valence-corrected chi connectivity index (χ3v) is 3.39. The Morgan fingerprint density at radius 1 is 1.38 bits per heavy atom. The van der Waals surface area contributed by atoms with Gasteiger partial charge in [0.1, 0.15) is 0 Å². The van der Waals surface area contributed by atoms with E-state index >= 15 is 0 Å². The van der Waals surface area contributed by atoms with Crippen molar-refractivity contribution in [2.45, 2.75) is 6.92 Å². The smallest absolute Gasteiger partial charge is 0.330 e. The van der Waals surface area contributed by atoms with Crippen molar-refractivity contribution in [1.82, 2.24) is 0 Å². The van der Waals surface area contributed by atoms with Crippen LogP contribution in [0, 0.1) is 5.92 Å². The molecule has 1 aliphatic rings. The monoisotopic (exact) mass is 284 g/mol. The SMILES string of the molecule is C=CC1COC/C1=C(/C=C/C(=O)OCC)c1ccccc1. The molecule has 21 heavy (non-hydrogen) atoms. The summed E-state index contributed by atoms with van der Waals surface area (Å²) in [5.74, 6) is -0.146. The zero-order chi connectivity index (χ0) is 15.1. The second-order valence-electron chi connectivity index (χ2n) is 4.75. The van der Waals surface area contributed by atoms with E-state index in [0.717, 1.165) is 16.7 Å². The van der Waals surface area contributed by atoms with Gasteiger partial charge in [0.2, 0.25) is 0 Å². The molecule has 1 heterocycles. The Bertz CT molecular complexity index is 555. The lowest BCUT2D eigenvalue weighted by atomic mass is 9.92. The molecule has 0 spiro atoms. The Balaban J connectivity index is 2.38. The van der Waals surface area contributed by atoms with Crippen LogP contribution in [0.4, 0.5) is 0 Å². The Kier molecular flexibility index (Phi) is 5.52. The number of esters is 1. The molecule has 0 radical (unpaired) electrons. The fraction of sp³-hybridized carbons (Fsp3) is 0.278. The minimum atomic E-state index is -0.333. The fourth-order valence-electron chi connectivity index (χ4n) is 2.34. The fourth-order valence-corrected chi connectivity index (χ4v) is 2.34. The lowest BCUT2D eigenvalue weighted by molar-refractivity contribution is -0.137. The molecule has 1 unspecified atom stereocenters. The van der Waals surface area contributed by atoms with E-state index in [-0.39, 0.29) is 11.9 Å². The molecule has 1 saturated heterocycles. The molecule has 1 aliphatic heterocycles. The van der Waals surface area contributed by atoms with Crippen molar-refractivity contribution < 1.29 is 14.3 Å². The van der Waals surface area contributed by atoms with Gasteiger partial charge < -0.3 is 9.47 Å². The van der Waals surface area contributed by atoms with Gasteiger partial charge in [0.05, 0.1) is 19.8 Å². The zero-order valence-corrected chi connectivity index (χ0v) is 12.2. The maximum absolute atomic E-state index is 11.6. The molecule has 0 amide bonds. The summed E-state index contributed by atoms with van der Waals surface area (Å²) in [5.41, 5.74) is 3.22. The molecular formula is C18H20O3. The summed E-state index contributed by atoms with van der Waals surface area (Å²) >= 11 is 0. The van der Waals surface area contributed by atoms with Gasteiger partial charge in [-0.05, 0) is 29.7 Å². The maximum atomic E-state index is 11.6. The number of benzene rings is 1. The van der Waals surface area contributed by atoms with E-state index in [9.17, 15) is 4.79 Å². The normalized spacial score (nSPS) is 20.5. The van der Waals surface area contributed by atoms with Crippen LogP contribution in [-0.4, -0.2) is 25.8 Å². The first-order valence-corrected chi connectivity index (χ1v) is 7.09. The van der Waals surface area contributed by atoms with E-state index in [0.29, 0.717) is 19.8 Å². The number of allylic oxidation sites excluding steroid dienone is 2. The molecule has 1 aromatic carbocycles. The first kappa shape index (κ1) is 15.3. The van der Waals surface area contributed by atoms with E-state index in [1.54, 1.807) is 6.92 Å². The molecule has 2 rings (SSSR count). The largest absolute Gasteiger partial charge is 0.463 e. The molecular weight excluding hydrogens is 264 g/mol. The number of carbonyl (C=O) groups is 1. The summed E-state index contributed by atoms with van der Waals surface area (Å²) in [6.07, 6.45) is 5.18. The van der Waals surface area contributed by atoms with Crippen molar-refractivity contribution in [2.24, 2.45) is 5.92 Å². The maximum Gasteiger partial charge on any atom is 0.330 e. The highest BCUT2D eigenvalue weighted by Gasteiger charge is 2.22. The number of carbonyl (C=O) groups excluding carboxylic acids is 1. The minimum absolute atomic E-state index is 0.187. The van der Waals surface area contributed by atoms with Gasteiger partial charge in [-0.1, -0.05) is 36.4 Å². The van der Waals surface area contributed by atoms with Gasteiger partial charge >= 0.3 is 5.97 Å². The van der Waals surface area contributed by atoms with Gasteiger partial charge in [0.15, 0.2) is 0 Å². The van der Waals surface area contributed by atoms with Gasteiger partial charge in [-0.2, -0.15) is 0 Å². The van der Waals surface area contributed by atoms with Crippen LogP contribution in [0.1, 0.15) is 12.5 Å². The van der Waals surface area contributed by atoms with Crippen LogP contribution >= 0.6 is 0 Å². The molecule has 0 bridgehead atoms. The minimum Gasteiger partial charge on any atom is -0.463 e. The lowest BCUT2D eigenvalue weighted by Gasteiger charge is -2.11. The van der Waals surface area contributed by atoms with Gasteiger partial charge in [-0.25, -0.2) is 4.79 Å². The third kappa shape index (κ3) is 3.92. The second-order valence-corrected chi connectivity index (χ2v) is 4.75. The molecule has 1 atom stereocenters. The molecule has 0 aliphatic carbocycles. The highest BCUT2D eigenvalue weighted by molar-refractivity contribution is 5.88. The summed E-state index contributed by atoms with van der Waals surface area (Å²) < 4.78 is 10.5. The number of ether oxygens (including phenoxy) is 2. The summed E-state index contributed by atoms with van der Waals surface area (Å²) in [5, 5.41) is 0. The van der Waals surface area contributed by atoms with Crippen LogP contribution in [-0.2, 0) is 14.3 Å². The van der Waals surface area contributed by atoms with E-state index in [1.807, 2.05) is 42.5 Å². The molecule has 0 aromatic heterocycles. The van der Waals surface area contributed by atoms with Gasteiger partial charge in [-0.15, -0.1) is 6.58 Å². The molecule has 0 saturated carbocycles. The van der Waals surface area contributed by atoms with E-state index in [2.05, 4.69) is 6.58 Å². The van der Waals surface area contributed by atoms with Crippen LogP contribution in [0.3, 0.4) is 0 Å². The summed E-state index contributed by atoms with van der Waals surface area (Å²) in [7, 11) is 0. The zero-order valence-electron chi connectivity index (χ0n) is 12.2. The summed E-state index contributed by atoms with van der Waals surface area (Å²) in [6.45, 7) is 7.23. The molecule has 110 valence electrons. The second kappa shape index (κ2) is 7.60. The molecule has 0 N–H and O–H groups in total. The Morgan fingerprint density at radius 2 is 2.14 bits per heavy atom. The van der Waals surface area contributed by atoms with Crippen molar-refractivity contribution in [3.63, 3.8) is 0 Å². The first-order chi connectivity index (χ1) is 10.3. The van der Waals surface area contributed by atoms with Crippen molar-refractivity contribution in [3.05, 3.63) is 66.3 Å². The molecule has 1 fully saturated rings. The van der Waals surface area contributed by atoms with Gasteiger partial charge in [0, 0.05) is 12.0 Å². The molecule has 1 aromatic rings. The summed E-state index contributed by atoms with van der Waals surface area (Å²) in [6, 6.07) is 9.98. The molecule has 3 heteroatoms. The predicted molar refractivity (Wildman–Crippen MR) is 83.6 cm³/mol. The topological polar surface area (TPSA) is 35.5 Å². The van der Waals surface area contributed by atoms with Crippen LogP contribution < -0.4 is 0 Å². The number of hydrogen-bond acceptors (Lipinski definition) is 3. The van der Waals surface area contributed by atoms with Gasteiger partial charge in [-0.3, -0.25) is 0 Å². The molecule has 3 nitrogen and oxygen atoms in total. The quantitative estimate of drug-likeness (QED) is 0.472. The van der Waals surface area contributed by atoms with Crippen molar-refractivity contribution in [2.75, 3.05) is 19.8 Å². The van der Waals surface area contributed by atoms with Gasteiger partial charge in [0.25, 0.3) is 0 Å². The highest BCUT2D eigenvalue weighted by atomic mass is 16.5. The van der Waals surface area contributed by atoms with Crippen molar-refractivity contribution >= 4 is 11.5 Å². The Hall–Kier alpha value is -2.13. The average Bonchev–Trinajstić information content (AvgIpc) is 2.97. The Labute approximate surface area is 125 Å². The van der Waals surface area contributed by atoms with Crippen molar-refractivity contribution in [1.29, 1.82) is 0 Å². The van der Waals surface area contributed by atoms with E-state index in [1.165, 1.54) is 6.08 Å². The van der Waals surface area contributed by atoms with Crippen LogP contribution in [0.5, 0.6) is 0 Å². The number of hydrogen-bond donors (Lipinski definition) is 0. The van der Waals surface area contributed by atoms with Crippen molar-refractivity contribution in [3.8, 4) is 0 Å². The van der Waals surface area contributed by atoms with Crippen LogP contribution in [0.15, 0.2) is 60.7 Å². The van der Waals surface area contributed by atoms with Crippen LogP contribution in [0.25, 0.3) is 5.57 Å². The standard InChI is InChI=1S/C18H20O3/c1-3-14-12-20-13-17(14)16(10-11-18(19)21-4-2)15-8-6-5-7-9-15/h3,5-11,14H,1,4,12-13H2,2H3/b11-10+,17-16+. The average molecular weight is 284 g/mol. The first-order valence-electron chi connectivity index (χ1n) is 7.09. The van der Waals surface area contributed by atoms with Crippen LogP contribution in [0.2, 0.25) is 0 Å². The third-order valence-electron chi connectivity index (χ3n) is 3.39. The van der Waals surface area contributed by atoms with E-state index < -0.39 is 0 Å². The predicted octanol–water partition coefficient (Wildman–Crippen LogP) is 3.39. The highest BCUT2D eigenvalue weighted by Crippen LogP contribution is 2.30. The number of rotatable bonds is 5. The summed E-state index contributed by atoms with van der Waals surface area (Å²) in [4.78, 5) is 11.6.